The van der Waals surface area contributed by atoms with Gasteiger partial charge in [-0.2, -0.15) is 0 Å². The molecule has 2 rings (SSSR count). The van der Waals surface area contributed by atoms with Crippen LogP contribution in [0.1, 0.15) is 6.92 Å². The number of anilines is 4. The standard InChI is InChI=1S/C16H19N3O3/c1-12(20)21-11-22-19-16-9-7-15(8-10-16)18-14-5-3-13(17-2)4-6-14/h3-10,17-19H,11H2,1-2H3. The molecule has 0 heterocycles. The van der Waals surface area contributed by atoms with Crippen molar-refractivity contribution in [2.24, 2.45) is 0 Å². The summed E-state index contributed by atoms with van der Waals surface area (Å²) in [7, 11) is 1.89. The van der Waals surface area contributed by atoms with Gasteiger partial charge in [0.1, 0.15) is 0 Å². The summed E-state index contributed by atoms with van der Waals surface area (Å²) in [5.41, 5.74) is 6.49. The fourth-order valence-electron chi connectivity index (χ4n) is 1.73. The van der Waals surface area contributed by atoms with E-state index in [1.165, 1.54) is 6.92 Å². The van der Waals surface area contributed by atoms with Gasteiger partial charge in [0.2, 0.25) is 6.79 Å². The van der Waals surface area contributed by atoms with Crippen molar-refractivity contribution in [3.63, 3.8) is 0 Å². The van der Waals surface area contributed by atoms with E-state index in [9.17, 15) is 4.79 Å². The molecule has 0 saturated heterocycles. The average Bonchev–Trinajstić information content (AvgIpc) is 2.54. The quantitative estimate of drug-likeness (QED) is 0.315. The number of nitrogens with one attached hydrogen (secondary N) is 3. The molecule has 0 radical (unpaired) electrons. The van der Waals surface area contributed by atoms with Gasteiger partial charge in [0.25, 0.3) is 0 Å². The summed E-state index contributed by atoms with van der Waals surface area (Å²) in [6.45, 7) is 1.19. The van der Waals surface area contributed by atoms with E-state index in [-0.39, 0.29) is 12.8 Å². The number of hydrogen-bond donors (Lipinski definition) is 3. The van der Waals surface area contributed by atoms with Gasteiger partial charge in [-0.3, -0.25) is 10.3 Å². The zero-order valence-corrected chi connectivity index (χ0v) is 12.6. The molecular formula is C16H19N3O3. The first-order valence-corrected chi connectivity index (χ1v) is 6.83. The van der Waals surface area contributed by atoms with E-state index in [1.54, 1.807) is 0 Å². The van der Waals surface area contributed by atoms with Crippen LogP contribution in [0.5, 0.6) is 0 Å². The molecule has 22 heavy (non-hydrogen) atoms. The van der Waals surface area contributed by atoms with Gasteiger partial charge in [-0.1, -0.05) is 0 Å². The van der Waals surface area contributed by atoms with Crippen LogP contribution >= 0.6 is 0 Å². The van der Waals surface area contributed by atoms with Crippen molar-refractivity contribution in [1.82, 2.24) is 0 Å². The van der Waals surface area contributed by atoms with Crippen LogP contribution in [0.15, 0.2) is 48.5 Å². The normalized spacial score (nSPS) is 9.91. The molecule has 0 aliphatic rings. The lowest BCUT2D eigenvalue weighted by Crippen LogP contribution is -2.08. The Morgan fingerprint density at radius 2 is 1.41 bits per heavy atom. The first kappa shape index (κ1) is 15.7. The molecule has 116 valence electrons. The van der Waals surface area contributed by atoms with Crippen molar-refractivity contribution in [2.75, 3.05) is 30.0 Å². The van der Waals surface area contributed by atoms with E-state index >= 15 is 0 Å². The summed E-state index contributed by atoms with van der Waals surface area (Å²) >= 11 is 0. The molecule has 0 saturated carbocycles. The zero-order valence-electron chi connectivity index (χ0n) is 12.6. The molecule has 0 spiro atoms. The molecule has 2 aromatic rings. The predicted molar refractivity (Wildman–Crippen MR) is 87.1 cm³/mol. The number of rotatable bonds is 7. The van der Waals surface area contributed by atoms with Crippen molar-refractivity contribution in [3.05, 3.63) is 48.5 Å². The Morgan fingerprint density at radius 1 is 0.909 bits per heavy atom. The predicted octanol–water partition coefficient (Wildman–Crippen LogP) is 3.34. The van der Waals surface area contributed by atoms with Gasteiger partial charge in [-0.25, -0.2) is 4.84 Å². The van der Waals surface area contributed by atoms with Gasteiger partial charge < -0.3 is 15.4 Å². The van der Waals surface area contributed by atoms with Crippen molar-refractivity contribution in [1.29, 1.82) is 0 Å². The van der Waals surface area contributed by atoms with Crippen LogP contribution in [0.25, 0.3) is 0 Å². The lowest BCUT2D eigenvalue weighted by molar-refractivity contribution is -0.151. The highest BCUT2D eigenvalue weighted by atomic mass is 16.8. The molecule has 0 unspecified atom stereocenters. The zero-order chi connectivity index (χ0) is 15.8. The third kappa shape index (κ3) is 4.99. The van der Waals surface area contributed by atoms with Crippen molar-refractivity contribution < 1.29 is 14.4 Å². The SMILES string of the molecule is CNc1ccc(Nc2ccc(NOCOC(C)=O)cc2)cc1. The Balaban J connectivity index is 1.84. The number of benzene rings is 2. The lowest BCUT2D eigenvalue weighted by atomic mass is 10.2. The smallest absolute Gasteiger partial charge is 0.304 e. The van der Waals surface area contributed by atoms with Crippen LogP contribution in [-0.2, 0) is 14.4 Å². The monoisotopic (exact) mass is 301 g/mol. The molecule has 3 N–H and O–H groups in total. The summed E-state index contributed by atoms with van der Waals surface area (Å²) < 4.78 is 4.64. The highest BCUT2D eigenvalue weighted by Crippen LogP contribution is 2.20. The fourth-order valence-corrected chi connectivity index (χ4v) is 1.73. The Labute approximate surface area is 129 Å². The number of carbonyl (C=O) groups is 1. The molecule has 6 nitrogen and oxygen atoms in total. The van der Waals surface area contributed by atoms with E-state index in [4.69, 9.17) is 4.84 Å². The fraction of sp³-hybridized carbons (Fsp3) is 0.188. The summed E-state index contributed by atoms with van der Waals surface area (Å²) in [6, 6.07) is 15.6. The molecule has 0 aliphatic heterocycles. The molecule has 0 atom stereocenters. The molecule has 0 amide bonds. The summed E-state index contributed by atoms with van der Waals surface area (Å²) in [4.78, 5) is 15.6. The molecule has 0 bridgehead atoms. The topological polar surface area (TPSA) is 71.6 Å². The van der Waals surface area contributed by atoms with E-state index in [0.717, 1.165) is 22.7 Å². The summed E-state index contributed by atoms with van der Waals surface area (Å²) in [5, 5.41) is 6.37. The largest absolute Gasteiger partial charge is 0.436 e. The maximum absolute atomic E-state index is 10.6. The van der Waals surface area contributed by atoms with E-state index in [0.29, 0.717) is 0 Å². The van der Waals surface area contributed by atoms with Gasteiger partial charge in [0, 0.05) is 31.0 Å². The number of hydrogen-bond acceptors (Lipinski definition) is 6. The van der Waals surface area contributed by atoms with Crippen LogP contribution in [0, 0.1) is 0 Å². The van der Waals surface area contributed by atoms with E-state index < -0.39 is 0 Å². The maximum Gasteiger partial charge on any atom is 0.304 e. The van der Waals surface area contributed by atoms with E-state index in [1.807, 2.05) is 55.6 Å². The van der Waals surface area contributed by atoms with Crippen LogP contribution in [0.2, 0.25) is 0 Å². The highest BCUT2D eigenvalue weighted by Gasteiger charge is 1.97. The highest BCUT2D eigenvalue weighted by molar-refractivity contribution is 5.66. The number of carbonyl (C=O) groups excluding carboxylic acids is 1. The molecule has 0 aromatic heterocycles. The maximum atomic E-state index is 10.6. The first-order chi connectivity index (χ1) is 10.7. The van der Waals surface area contributed by atoms with Crippen LogP contribution in [0.3, 0.4) is 0 Å². The minimum Gasteiger partial charge on any atom is -0.436 e. The molecule has 6 heteroatoms. The average molecular weight is 301 g/mol. The molecular weight excluding hydrogens is 282 g/mol. The van der Waals surface area contributed by atoms with Crippen molar-refractivity contribution in [2.45, 2.75) is 6.92 Å². The second-order valence-corrected chi connectivity index (χ2v) is 4.53. The third-order valence-electron chi connectivity index (χ3n) is 2.86. The van der Waals surface area contributed by atoms with Crippen LogP contribution in [-0.4, -0.2) is 19.8 Å². The first-order valence-electron chi connectivity index (χ1n) is 6.83. The van der Waals surface area contributed by atoms with Crippen LogP contribution in [0.4, 0.5) is 22.7 Å². The minimum absolute atomic E-state index is 0.132. The Hall–Kier alpha value is -2.73. The Kier molecular flexibility index (Phi) is 5.62. The Morgan fingerprint density at radius 3 is 1.91 bits per heavy atom. The summed E-state index contributed by atoms with van der Waals surface area (Å²) in [5.74, 6) is -0.384. The second-order valence-electron chi connectivity index (χ2n) is 4.53. The van der Waals surface area contributed by atoms with Gasteiger partial charge in [-0.05, 0) is 48.5 Å². The summed E-state index contributed by atoms with van der Waals surface area (Å²) in [6.07, 6.45) is 0. The number of ether oxygens (including phenoxy) is 1. The second kappa shape index (κ2) is 7.90. The van der Waals surface area contributed by atoms with Gasteiger partial charge >= 0.3 is 5.97 Å². The molecule has 0 aliphatic carbocycles. The van der Waals surface area contributed by atoms with Gasteiger partial charge in [-0.15, -0.1) is 0 Å². The number of esters is 1. The Bertz CT molecular complexity index is 597. The lowest BCUT2D eigenvalue weighted by Gasteiger charge is -2.10. The van der Waals surface area contributed by atoms with Gasteiger partial charge in [0.15, 0.2) is 0 Å². The van der Waals surface area contributed by atoms with E-state index in [2.05, 4.69) is 20.9 Å². The van der Waals surface area contributed by atoms with Gasteiger partial charge in [0.05, 0.1) is 5.69 Å². The van der Waals surface area contributed by atoms with Crippen LogP contribution < -0.4 is 16.1 Å². The van der Waals surface area contributed by atoms with Crippen molar-refractivity contribution in [3.8, 4) is 0 Å². The minimum atomic E-state index is -0.384. The third-order valence-corrected chi connectivity index (χ3v) is 2.86. The van der Waals surface area contributed by atoms with Crippen molar-refractivity contribution >= 4 is 28.7 Å². The molecule has 0 fully saturated rings. The molecule has 2 aromatic carbocycles.